The summed E-state index contributed by atoms with van der Waals surface area (Å²) in [6, 6.07) is 7.71. The predicted molar refractivity (Wildman–Crippen MR) is 86.2 cm³/mol. The number of hydrogen-bond donors (Lipinski definition) is 2. The lowest BCUT2D eigenvalue weighted by Gasteiger charge is -2.21. The molecule has 1 aromatic carbocycles. The lowest BCUT2D eigenvalue weighted by Crippen LogP contribution is -2.39. The standard InChI is InChI=1S/C18H21NO4/c1-3-10(2)11-4-6-12(7-5-11)19-17(20)15-13-8-9-14(23-13)16(15)18(21)22/h4-10,13-16H,3H2,1-2H3,(H,19,20)(H,21,22)/t10-,13+,14-,15-,16-/m0/s1. The van der Waals surface area contributed by atoms with Crippen LogP contribution in [0.4, 0.5) is 5.69 Å². The van der Waals surface area contributed by atoms with E-state index in [2.05, 4.69) is 19.2 Å². The summed E-state index contributed by atoms with van der Waals surface area (Å²) in [4.78, 5) is 23.9. The molecule has 23 heavy (non-hydrogen) atoms. The van der Waals surface area contributed by atoms with Gasteiger partial charge in [-0.3, -0.25) is 9.59 Å². The molecular formula is C18H21NO4. The van der Waals surface area contributed by atoms with Crippen molar-refractivity contribution in [2.45, 2.75) is 38.4 Å². The minimum atomic E-state index is -0.992. The molecule has 1 fully saturated rings. The van der Waals surface area contributed by atoms with Crippen molar-refractivity contribution in [2.24, 2.45) is 11.8 Å². The molecule has 2 bridgehead atoms. The van der Waals surface area contributed by atoms with Crippen molar-refractivity contribution in [2.75, 3.05) is 5.32 Å². The average molecular weight is 315 g/mol. The highest BCUT2D eigenvalue weighted by molar-refractivity contribution is 5.96. The van der Waals surface area contributed by atoms with E-state index in [-0.39, 0.29) is 5.91 Å². The lowest BCUT2D eigenvalue weighted by molar-refractivity contribution is -0.145. The maximum Gasteiger partial charge on any atom is 0.310 e. The Morgan fingerprint density at radius 3 is 2.35 bits per heavy atom. The van der Waals surface area contributed by atoms with Crippen LogP contribution in [0.3, 0.4) is 0 Å². The molecule has 0 aliphatic carbocycles. The fourth-order valence-corrected chi connectivity index (χ4v) is 3.27. The zero-order valence-corrected chi connectivity index (χ0v) is 13.2. The first-order valence-electron chi connectivity index (χ1n) is 7.98. The van der Waals surface area contributed by atoms with E-state index in [0.29, 0.717) is 11.6 Å². The van der Waals surface area contributed by atoms with Crippen LogP contribution in [0.5, 0.6) is 0 Å². The normalized spacial score (nSPS) is 29.5. The van der Waals surface area contributed by atoms with Gasteiger partial charge in [-0.1, -0.05) is 38.1 Å². The Morgan fingerprint density at radius 2 is 1.78 bits per heavy atom. The van der Waals surface area contributed by atoms with Gasteiger partial charge in [-0.15, -0.1) is 0 Å². The maximum atomic E-state index is 12.5. The van der Waals surface area contributed by atoms with Crippen LogP contribution in [0, 0.1) is 11.8 Å². The summed E-state index contributed by atoms with van der Waals surface area (Å²) in [5.41, 5.74) is 1.90. The second kappa shape index (κ2) is 6.16. The van der Waals surface area contributed by atoms with Crippen LogP contribution < -0.4 is 5.32 Å². The zero-order chi connectivity index (χ0) is 16.6. The molecule has 0 radical (unpaired) electrons. The van der Waals surface area contributed by atoms with Gasteiger partial charge in [0.05, 0.1) is 18.1 Å². The van der Waals surface area contributed by atoms with E-state index in [0.717, 1.165) is 6.42 Å². The van der Waals surface area contributed by atoms with Gasteiger partial charge < -0.3 is 15.2 Å². The molecule has 122 valence electrons. The number of hydrogen-bond acceptors (Lipinski definition) is 3. The molecule has 5 nitrogen and oxygen atoms in total. The zero-order valence-electron chi connectivity index (χ0n) is 13.2. The first kappa shape index (κ1) is 15.7. The Hall–Kier alpha value is -2.14. The molecular weight excluding hydrogens is 294 g/mol. The summed E-state index contributed by atoms with van der Waals surface area (Å²) in [5, 5.41) is 12.2. The van der Waals surface area contributed by atoms with Crippen LogP contribution >= 0.6 is 0 Å². The Labute approximate surface area is 135 Å². The molecule has 0 unspecified atom stereocenters. The second-order valence-corrected chi connectivity index (χ2v) is 6.26. The van der Waals surface area contributed by atoms with Gasteiger partial charge in [0.1, 0.15) is 5.92 Å². The van der Waals surface area contributed by atoms with Gasteiger partial charge in [-0.25, -0.2) is 0 Å². The molecule has 1 amide bonds. The van der Waals surface area contributed by atoms with Gasteiger partial charge in [0.25, 0.3) is 0 Å². The molecule has 1 aromatic rings. The highest BCUT2D eigenvalue weighted by Gasteiger charge is 2.53. The van der Waals surface area contributed by atoms with Crippen molar-refractivity contribution in [3.05, 3.63) is 42.0 Å². The average Bonchev–Trinajstić information content (AvgIpc) is 3.15. The van der Waals surface area contributed by atoms with E-state index in [1.54, 1.807) is 12.2 Å². The van der Waals surface area contributed by atoms with Crippen LogP contribution in [0.1, 0.15) is 31.7 Å². The third kappa shape index (κ3) is 2.88. The quantitative estimate of drug-likeness (QED) is 0.819. The molecule has 1 saturated heterocycles. The Morgan fingerprint density at radius 1 is 1.17 bits per heavy atom. The summed E-state index contributed by atoms with van der Waals surface area (Å²) < 4.78 is 5.53. The van der Waals surface area contributed by atoms with Crippen molar-refractivity contribution >= 4 is 17.6 Å². The number of anilines is 1. The van der Waals surface area contributed by atoms with E-state index in [1.807, 2.05) is 24.3 Å². The van der Waals surface area contributed by atoms with Crippen LogP contribution in [0.25, 0.3) is 0 Å². The van der Waals surface area contributed by atoms with Crippen LogP contribution in [-0.2, 0) is 14.3 Å². The smallest absolute Gasteiger partial charge is 0.310 e. The van der Waals surface area contributed by atoms with Gasteiger partial charge in [0, 0.05) is 5.69 Å². The summed E-state index contributed by atoms with van der Waals surface area (Å²) >= 11 is 0. The van der Waals surface area contributed by atoms with Gasteiger partial charge in [0.2, 0.25) is 5.91 Å². The predicted octanol–water partition coefficient (Wildman–Crippen LogP) is 2.79. The number of carboxylic acids is 1. The third-order valence-electron chi connectivity index (χ3n) is 4.85. The number of carbonyl (C=O) groups is 2. The largest absolute Gasteiger partial charge is 0.481 e. The Balaban J connectivity index is 1.72. The van der Waals surface area contributed by atoms with Crippen LogP contribution in [-0.4, -0.2) is 29.2 Å². The molecule has 2 aliphatic heterocycles. The number of fused-ring (bicyclic) bond motifs is 2. The first-order valence-corrected chi connectivity index (χ1v) is 7.98. The summed E-state index contributed by atoms with van der Waals surface area (Å²) in [6.07, 6.45) is 3.62. The third-order valence-corrected chi connectivity index (χ3v) is 4.85. The lowest BCUT2D eigenvalue weighted by atomic mass is 9.82. The molecule has 2 aliphatic rings. The van der Waals surface area contributed by atoms with E-state index < -0.39 is 30.0 Å². The van der Waals surface area contributed by atoms with E-state index >= 15 is 0 Å². The SMILES string of the molecule is CC[C@H](C)c1ccc(NC(=O)[C@@H]2[C@@H](C(=O)O)[C@@H]3C=C[C@H]2O3)cc1. The van der Waals surface area contributed by atoms with E-state index in [1.165, 1.54) is 5.56 Å². The summed E-state index contributed by atoms with van der Waals surface area (Å²) in [7, 11) is 0. The minimum absolute atomic E-state index is 0.300. The second-order valence-electron chi connectivity index (χ2n) is 6.26. The van der Waals surface area contributed by atoms with E-state index in [9.17, 15) is 14.7 Å². The van der Waals surface area contributed by atoms with E-state index in [4.69, 9.17) is 4.74 Å². The number of ether oxygens (including phenoxy) is 1. The number of benzene rings is 1. The Bertz CT molecular complexity index is 637. The summed E-state index contributed by atoms with van der Waals surface area (Å²) in [6.45, 7) is 4.29. The highest BCUT2D eigenvalue weighted by Crippen LogP contribution is 2.39. The Kier molecular flexibility index (Phi) is 4.22. The number of amides is 1. The summed E-state index contributed by atoms with van der Waals surface area (Å²) in [5.74, 6) is -2.32. The number of rotatable bonds is 5. The molecule has 5 heteroatoms. The van der Waals surface area contributed by atoms with Gasteiger partial charge in [-0.05, 0) is 30.0 Å². The fraction of sp³-hybridized carbons (Fsp3) is 0.444. The molecule has 5 atom stereocenters. The van der Waals surface area contributed by atoms with Gasteiger partial charge in [0.15, 0.2) is 0 Å². The maximum absolute atomic E-state index is 12.5. The molecule has 3 rings (SSSR count). The molecule has 2 heterocycles. The minimum Gasteiger partial charge on any atom is -0.481 e. The first-order chi connectivity index (χ1) is 11.0. The van der Waals surface area contributed by atoms with Crippen molar-refractivity contribution in [3.8, 4) is 0 Å². The van der Waals surface area contributed by atoms with Gasteiger partial charge >= 0.3 is 5.97 Å². The molecule has 2 N–H and O–H groups in total. The highest BCUT2D eigenvalue weighted by atomic mass is 16.5. The molecule has 0 saturated carbocycles. The number of nitrogens with one attached hydrogen (secondary N) is 1. The van der Waals surface area contributed by atoms with Crippen molar-refractivity contribution < 1.29 is 19.4 Å². The number of carboxylic acid groups (broad SMARTS) is 1. The van der Waals surface area contributed by atoms with Gasteiger partial charge in [-0.2, -0.15) is 0 Å². The number of carbonyl (C=O) groups excluding carboxylic acids is 1. The van der Waals surface area contributed by atoms with Crippen molar-refractivity contribution in [1.29, 1.82) is 0 Å². The van der Waals surface area contributed by atoms with Crippen molar-refractivity contribution in [1.82, 2.24) is 0 Å². The topological polar surface area (TPSA) is 75.6 Å². The van der Waals surface area contributed by atoms with Crippen LogP contribution in [0.2, 0.25) is 0 Å². The fourth-order valence-electron chi connectivity index (χ4n) is 3.27. The number of aliphatic carboxylic acids is 1. The van der Waals surface area contributed by atoms with Crippen LogP contribution in [0.15, 0.2) is 36.4 Å². The monoisotopic (exact) mass is 315 g/mol. The molecule has 0 aromatic heterocycles. The van der Waals surface area contributed by atoms with Crippen molar-refractivity contribution in [3.63, 3.8) is 0 Å². The molecule has 0 spiro atoms.